The van der Waals surface area contributed by atoms with Crippen molar-refractivity contribution in [2.45, 2.75) is 57.5 Å². The first-order valence-electron chi connectivity index (χ1n) is 15.5. The molecule has 0 saturated carbocycles. The number of rotatable bonds is 7. The molecule has 2 nitrogen and oxygen atoms in total. The summed E-state index contributed by atoms with van der Waals surface area (Å²) in [6, 6.07) is 38.0. The second kappa shape index (κ2) is 12.5. The van der Waals surface area contributed by atoms with Crippen molar-refractivity contribution in [1.82, 2.24) is 4.98 Å². The SMILES string of the molecule is CC(C)(C)[Si](CCc1c(N2CCCCC2)nc2ccc(Cl)cc2c1-c1ccccc1Cl)(c1ccccc1)c1ccccc1. The molecule has 0 bridgehead atoms. The zero-order valence-electron chi connectivity index (χ0n) is 25.4. The summed E-state index contributed by atoms with van der Waals surface area (Å²) in [7, 11) is -2.33. The highest BCUT2D eigenvalue weighted by molar-refractivity contribution is 7.04. The van der Waals surface area contributed by atoms with Gasteiger partial charge in [0.1, 0.15) is 13.9 Å². The Morgan fingerprint density at radius 3 is 1.95 bits per heavy atom. The van der Waals surface area contributed by atoms with Crippen LogP contribution in [0.25, 0.3) is 22.0 Å². The van der Waals surface area contributed by atoms with E-state index in [9.17, 15) is 0 Å². The Kier molecular flexibility index (Phi) is 8.69. The molecule has 0 radical (unpaired) electrons. The minimum absolute atomic E-state index is 0.0686. The predicted molar refractivity (Wildman–Crippen MR) is 189 cm³/mol. The fraction of sp³-hybridized carbons (Fsp3) is 0.289. The lowest BCUT2D eigenvalue weighted by atomic mass is 9.93. The van der Waals surface area contributed by atoms with Crippen molar-refractivity contribution in [3.8, 4) is 11.1 Å². The maximum atomic E-state index is 7.01. The highest BCUT2D eigenvalue weighted by Gasteiger charge is 2.47. The van der Waals surface area contributed by atoms with Gasteiger partial charge in [-0.1, -0.05) is 133 Å². The molecule has 0 unspecified atom stereocenters. The summed E-state index contributed by atoms with van der Waals surface area (Å²) in [6.45, 7) is 9.38. The Bertz CT molecular complexity index is 1670. The van der Waals surface area contributed by atoms with Crippen molar-refractivity contribution < 1.29 is 0 Å². The van der Waals surface area contributed by atoms with E-state index in [2.05, 4.69) is 111 Å². The van der Waals surface area contributed by atoms with E-state index in [1.807, 2.05) is 18.2 Å². The second-order valence-corrected chi connectivity index (χ2v) is 18.7. The van der Waals surface area contributed by atoms with Gasteiger partial charge in [0, 0.05) is 39.6 Å². The minimum atomic E-state index is -2.33. The number of hydrogen-bond donors (Lipinski definition) is 0. The lowest BCUT2D eigenvalue weighted by Gasteiger charge is -2.45. The average molecular weight is 624 g/mol. The summed E-state index contributed by atoms with van der Waals surface area (Å²) in [5.41, 5.74) is 4.48. The molecule has 220 valence electrons. The minimum Gasteiger partial charge on any atom is -0.356 e. The topological polar surface area (TPSA) is 16.1 Å². The monoisotopic (exact) mass is 622 g/mol. The van der Waals surface area contributed by atoms with Crippen molar-refractivity contribution in [3.63, 3.8) is 0 Å². The third-order valence-corrected chi connectivity index (χ3v) is 16.2. The molecule has 0 N–H and O–H groups in total. The van der Waals surface area contributed by atoms with E-state index < -0.39 is 8.07 Å². The third-order valence-electron chi connectivity index (χ3n) is 9.39. The van der Waals surface area contributed by atoms with Gasteiger partial charge in [0.15, 0.2) is 0 Å². The van der Waals surface area contributed by atoms with Crippen LogP contribution < -0.4 is 15.3 Å². The highest BCUT2D eigenvalue weighted by Crippen LogP contribution is 2.44. The molecule has 43 heavy (non-hydrogen) atoms. The Morgan fingerprint density at radius 1 is 0.744 bits per heavy atom. The van der Waals surface area contributed by atoms with Crippen LogP contribution in [0.3, 0.4) is 0 Å². The molecule has 1 aliphatic rings. The molecule has 2 heterocycles. The van der Waals surface area contributed by atoms with E-state index >= 15 is 0 Å². The van der Waals surface area contributed by atoms with Crippen molar-refractivity contribution in [3.05, 3.63) is 119 Å². The van der Waals surface area contributed by atoms with Crippen LogP contribution in [-0.4, -0.2) is 26.1 Å². The predicted octanol–water partition coefficient (Wildman–Crippen LogP) is 9.80. The third kappa shape index (κ3) is 5.75. The largest absolute Gasteiger partial charge is 0.356 e. The van der Waals surface area contributed by atoms with Gasteiger partial charge in [-0.2, -0.15) is 0 Å². The Morgan fingerprint density at radius 2 is 1.35 bits per heavy atom. The number of anilines is 1. The van der Waals surface area contributed by atoms with E-state index in [-0.39, 0.29) is 5.04 Å². The summed E-state index contributed by atoms with van der Waals surface area (Å²) in [5, 5.41) is 5.56. The van der Waals surface area contributed by atoms with Gasteiger partial charge in [-0.05, 0) is 66.6 Å². The molecule has 1 saturated heterocycles. The van der Waals surface area contributed by atoms with Crippen LogP contribution in [0.4, 0.5) is 5.82 Å². The number of benzene rings is 4. The van der Waals surface area contributed by atoms with Gasteiger partial charge in [-0.25, -0.2) is 4.98 Å². The zero-order valence-corrected chi connectivity index (χ0v) is 27.9. The van der Waals surface area contributed by atoms with Crippen LogP contribution >= 0.6 is 23.2 Å². The number of aromatic nitrogens is 1. The number of pyridine rings is 1. The molecule has 0 atom stereocenters. The van der Waals surface area contributed by atoms with Crippen molar-refractivity contribution in [2.75, 3.05) is 18.0 Å². The first-order valence-corrected chi connectivity index (χ1v) is 18.5. The summed E-state index contributed by atoms with van der Waals surface area (Å²) < 4.78 is 0. The maximum absolute atomic E-state index is 7.01. The lowest BCUT2D eigenvalue weighted by molar-refractivity contribution is 0.572. The summed E-state index contributed by atoms with van der Waals surface area (Å²) in [4.78, 5) is 7.93. The molecule has 0 aliphatic carbocycles. The van der Waals surface area contributed by atoms with Crippen LogP contribution in [0.5, 0.6) is 0 Å². The Balaban J connectivity index is 1.62. The van der Waals surface area contributed by atoms with Gasteiger partial charge >= 0.3 is 0 Å². The van der Waals surface area contributed by atoms with E-state index in [0.29, 0.717) is 5.02 Å². The summed E-state index contributed by atoms with van der Waals surface area (Å²) >= 11 is 13.7. The lowest BCUT2D eigenvalue weighted by Crippen LogP contribution is -2.64. The number of hydrogen-bond acceptors (Lipinski definition) is 2. The van der Waals surface area contributed by atoms with Crippen LogP contribution in [0.15, 0.2) is 103 Å². The van der Waals surface area contributed by atoms with Crippen LogP contribution in [0, 0.1) is 0 Å². The summed E-state index contributed by atoms with van der Waals surface area (Å²) in [5.74, 6) is 1.11. The first-order chi connectivity index (χ1) is 20.8. The van der Waals surface area contributed by atoms with Crippen LogP contribution in [0.2, 0.25) is 21.1 Å². The molecule has 1 aromatic heterocycles. The van der Waals surface area contributed by atoms with Gasteiger partial charge in [-0.3, -0.25) is 0 Å². The quantitative estimate of drug-likeness (QED) is 0.168. The molecule has 6 rings (SSSR count). The maximum Gasteiger partial charge on any atom is 0.133 e. The number of nitrogens with zero attached hydrogens (tertiary/aromatic N) is 2. The molecule has 4 aromatic carbocycles. The fourth-order valence-corrected chi connectivity index (χ4v) is 13.2. The molecule has 5 heteroatoms. The summed E-state index contributed by atoms with van der Waals surface area (Å²) in [6.07, 6.45) is 4.55. The van der Waals surface area contributed by atoms with Gasteiger partial charge in [0.2, 0.25) is 0 Å². The average Bonchev–Trinajstić information content (AvgIpc) is 3.02. The van der Waals surface area contributed by atoms with Crippen LogP contribution in [0.1, 0.15) is 45.6 Å². The van der Waals surface area contributed by atoms with E-state index in [0.717, 1.165) is 52.9 Å². The smallest absolute Gasteiger partial charge is 0.133 e. The van der Waals surface area contributed by atoms with Gasteiger partial charge in [0.05, 0.1) is 5.52 Å². The highest BCUT2D eigenvalue weighted by atomic mass is 35.5. The Labute approximate surface area is 267 Å². The molecular formula is C38H40Cl2N2Si. The molecule has 0 amide bonds. The molecule has 5 aromatic rings. The number of halogens is 2. The first kappa shape index (κ1) is 29.9. The fourth-order valence-electron chi connectivity index (χ4n) is 7.29. The van der Waals surface area contributed by atoms with E-state index in [1.54, 1.807) is 0 Å². The van der Waals surface area contributed by atoms with Crippen molar-refractivity contribution >= 4 is 58.4 Å². The van der Waals surface area contributed by atoms with Gasteiger partial charge < -0.3 is 4.90 Å². The molecule has 1 aliphatic heterocycles. The molecular weight excluding hydrogens is 583 g/mol. The van der Waals surface area contributed by atoms with Crippen molar-refractivity contribution in [2.24, 2.45) is 0 Å². The van der Waals surface area contributed by atoms with Gasteiger partial charge in [0.25, 0.3) is 0 Å². The number of fused-ring (bicyclic) bond motifs is 1. The molecule has 0 spiro atoms. The Hall–Kier alpha value is -3.11. The number of piperidine rings is 1. The zero-order chi connectivity index (χ0) is 30.0. The molecule has 1 fully saturated rings. The second-order valence-electron chi connectivity index (χ2n) is 12.9. The standard InChI is InChI=1S/C38H40Cl2N2Si/c1-38(2,3)43(29-15-7-4-8-16-29,30-17-9-5-10-18-30)26-23-32-36(31-19-11-12-20-34(31)40)33-27-28(39)21-22-35(33)41-37(32)42-24-13-6-14-25-42/h4-5,7-12,15-22,27H,6,13-14,23-26H2,1-3H3. The van der Waals surface area contributed by atoms with Crippen molar-refractivity contribution in [1.29, 1.82) is 0 Å². The van der Waals surface area contributed by atoms with E-state index in [1.165, 1.54) is 40.8 Å². The van der Waals surface area contributed by atoms with Crippen LogP contribution in [-0.2, 0) is 6.42 Å². The van der Waals surface area contributed by atoms with Gasteiger partial charge in [-0.15, -0.1) is 0 Å². The normalized spacial score (nSPS) is 14.3. The van der Waals surface area contributed by atoms with E-state index in [4.69, 9.17) is 28.2 Å².